The second-order valence-corrected chi connectivity index (χ2v) is 15.5. The van der Waals surface area contributed by atoms with Gasteiger partial charge >= 0.3 is 12.1 Å². The highest BCUT2D eigenvalue weighted by molar-refractivity contribution is 6.00. The van der Waals surface area contributed by atoms with E-state index in [2.05, 4.69) is 27.8 Å². The molecule has 0 aliphatic carbocycles. The van der Waals surface area contributed by atoms with Gasteiger partial charge in [0, 0.05) is 44.7 Å². The molecule has 0 bridgehead atoms. The standard InChI is InChI=1S/C36H67N5O9/c1-13-27-36(14-2)30(39-34(45)50-36)24(6)38-19-21(3)18-35(7,46-12)31(22(4)28(42)23(5)32(44)48-27)49-33-29(43)26(41(10)11)17-25(47-33)20-37-15-16-40(8)9/h21-27,29-31,33,37-38,43H,13-20H2,1-12H3,(H,39,45)/t21-,22+,23?,24-,25?,26?,27-,29?,30-,31-,33?,35-,36-/m1/s1. The first-order chi connectivity index (χ1) is 23.4. The van der Waals surface area contributed by atoms with Crippen molar-refractivity contribution in [3.63, 3.8) is 0 Å². The van der Waals surface area contributed by atoms with Crippen molar-refractivity contribution in [3.05, 3.63) is 0 Å². The van der Waals surface area contributed by atoms with Gasteiger partial charge in [0.2, 0.25) is 0 Å². The minimum absolute atomic E-state index is 0.0209. The lowest BCUT2D eigenvalue weighted by Gasteiger charge is -2.47. The van der Waals surface area contributed by atoms with Crippen LogP contribution in [-0.4, -0.2) is 154 Å². The summed E-state index contributed by atoms with van der Waals surface area (Å²) < 4.78 is 31.4. The second-order valence-electron chi connectivity index (χ2n) is 15.5. The number of ether oxygens (including phenoxy) is 5. The minimum Gasteiger partial charge on any atom is -0.457 e. The molecule has 13 atom stereocenters. The number of esters is 1. The van der Waals surface area contributed by atoms with Gasteiger partial charge in [-0.3, -0.25) is 9.59 Å². The molecule has 0 aromatic heterocycles. The third-order valence-electron chi connectivity index (χ3n) is 11.2. The summed E-state index contributed by atoms with van der Waals surface area (Å²) in [6.07, 6.45) is -2.69. The lowest BCUT2D eigenvalue weighted by molar-refractivity contribution is -0.297. The number of ketones is 1. The number of amides is 1. The van der Waals surface area contributed by atoms with Crippen molar-refractivity contribution in [2.75, 3.05) is 61.5 Å². The van der Waals surface area contributed by atoms with Gasteiger partial charge in [-0.25, -0.2) is 4.79 Å². The van der Waals surface area contributed by atoms with Crippen LogP contribution >= 0.6 is 0 Å². The number of aliphatic hydroxyl groups is 1. The number of rotatable bonds is 11. The van der Waals surface area contributed by atoms with Gasteiger partial charge in [-0.05, 0) is 87.1 Å². The fourth-order valence-corrected chi connectivity index (χ4v) is 8.04. The Balaban J connectivity index is 2.00. The summed E-state index contributed by atoms with van der Waals surface area (Å²) in [5, 5.41) is 21.6. The quantitative estimate of drug-likeness (QED) is 0.140. The summed E-state index contributed by atoms with van der Waals surface area (Å²) in [6.45, 7) is 15.8. The average molecular weight is 714 g/mol. The van der Waals surface area contributed by atoms with Crippen molar-refractivity contribution in [2.24, 2.45) is 17.8 Å². The largest absolute Gasteiger partial charge is 0.457 e. The van der Waals surface area contributed by atoms with E-state index in [0.29, 0.717) is 38.8 Å². The Morgan fingerprint density at radius 3 is 2.34 bits per heavy atom. The van der Waals surface area contributed by atoms with Crippen LogP contribution in [-0.2, 0) is 33.3 Å². The van der Waals surface area contributed by atoms with Crippen LogP contribution in [0.5, 0.6) is 0 Å². The number of fused-ring (bicyclic) bond motifs is 1. The van der Waals surface area contributed by atoms with Crippen molar-refractivity contribution < 1.29 is 43.2 Å². The predicted molar refractivity (Wildman–Crippen MR) is 190 cm³/mol. The maximum absolute atomic E-state index is 14.3. The average Bonchev–Trinajstić information content (AvgIpc) is 3.42. The van der Waals surface area contributed by atoms with Gasteiger partial charge < -0.3 is 54.5 Å². The van der Waals surface area contributed by atoms with E-state index < -0.39 is 65.7 Å². The molecule has 3 aliphatic rings. The maximum Gasteiger partial charge on any atom is 0.408 e. The zero-order chi connectivity index (χ0) is 37.6. The zero-order valence-electron chi connectivity index (χ0n) is 32.6. The highest BCUT2D eigenvalue weighted by Crippen LogP contribution is 2.38. The summed E-state index contributed by atoms with van der Waals surface area (Å²) in [6, 6.07) is -0.976. The number of nitrogens with one attached hydrogen (secondary N) is 3. The number of nitrogens with zero attached hydrogens (tertiary/aromatic N) is 2. The molecule has 0 aromatic rings. The lowest BCUT2D eigenvalue weighted by Crippen LogP contribution is -2.61. The first-order valence-corrected chi connectivity index (χ1v) is 18.5. The van der Waals surface area contributed by atoms with Crippen LogP contribution in [0.2, 0.25) is 0 Å². The normalized spacial score (nSPS) is 40.9. The van der Waals surface area contributed by atoms with Crippen molar-refractivity contribution in [2.45, 2.75) is 134 Å². The number of aliphatic hydroxyl groups excluding tert-OH is 1. The molecule has 4 N–H and O–H groups in total. The number of carbonyl (C=O) groups is 3. The first-order valence-electron chi connectivity index (χ1n) is 18.5. The molecule has 290 valence electrons. The Morgan fingerprint density at radius 1 is 1.08 bits per heavy atom. The Hall–Kier alpha value is -1.91. The summed E-state index contributed by atoms with van der Waals surface area (Å²) in [5.74, 6) is -3.06. The number of hydrogen-bond acceptors (Lipinski definition) is 13. The Bertz CT molecular complexity index is 1130. The highest BCUT2D eigenvalue weighted by Gasteiger charge is 2.57. The van der Waals surface area contributed by atoms with Gasteiger partial charge in [-0.1, -0.05) is 27.7 Å². The van der Waals surface area contributed by atoms with Crippen LogP contribution in [0.25, 0.3) is 0 Å². The smallest absolute Gasteiger partial charge is 0.408 e. The summed E-state index contributed by atoms with van der Waals surface area (Å²) in [4.78, 5) is 44.8. The molecule has 50 heavy (non-hydrogen) atoms. The van der Waals surface area contributed by atoms with E-state index in [1.807, 2.05) is 60.8 Å². The number of Topliss-reactive ketones (excluding diaryl/α,β-unsaturated/α-hetero) is 1. The van der Waals surface area contributed by atoms with Crippen LogP contribution in [0.1, 0.15) is 74.1 Å². The molecule has 0 spiro atoms. The molecule has 3 fully saturated rings. The van der Waals surface area contributed by atoms with Crippen LogP contribution in [0.3, 0.4) is 0 Å². The Labute approximate surface area is 300 Å². The monoisotopic (exact) mass is 713 g/mol. The molecule has 1 amide bonds. The van der Waals surface area contributed by atoms with E-state index in [1.165, 1.54) is 0 Å². The molecule has 3 rings (SSSR count). The fraction of sp³-hybridized carbons (Fsp3) is 0.917. The van der Waals surface area contributed by atoms with Crippen molar-refractivity contribution in [1.82, 2.24) is 25.8 Å². The number of methoxy groups -OCH3 is 1. The van der Waals surface area contributed by atoms with E-state index in [9.17, 15) is 19.5 Å². The number of carbonyl (C=O) groups excluding carboxylic acids is 3. The van der Waals surface area contributed by atoms with Gasteiger partial charge in [0.05, 0.1) is 23.9 Å². The molecular formula is C36H67N5O9. The van der Waals surface area contributed by atoms with Gasteiger partial charge in [-0.15, -0.1) is 0 Å². The third kappa shape index (κ3) is 9.74. The SMILES string of the molecule is CC[C@H]1OC(=O)C(C)C(=O)[C@H](C)[C@@H](OC2OC(CNCCN(C)C)CC(N(C)C)C2O)[C@](C)(OC)C[C@@H](C)CN[C@H](C)[C@H]2NC(=O)O[C@@]21CC. The highest BCUT2D eigenvalue weighted by atomic mass is 16.7. The molecule has 0 radical (unpaired) electrons. The maximum atomic E-state index is 14.3. The number of alkyl carbamates (subject to hydrolysis) is 1. The third-order valence-corrected chi connectivity index (χ3v) is 11.2. The fourth-order valence-electron chi connectivity index (χ4n) is 8.04. The van der Waals surface area contributed by atoms with Crippen LogP contribution < -0.4 is 16.0 Å². The summed E-state index contributed by atoms with van der Waals surface area (Å²) in [5.41, 5.74) is -2.14. The Kier molecular flexibility index (Phi) is 15.5. The van der Waals surface area contributed by atoms with Gasteiger partial charge in [-0.2, -0.15) is 0 Å². The van der Waals surface area contributed by atoms with E-state index >= 15 is 0 Å². The van der Waals surface area contributed by atoms with Crippen molar-refractivity contribution in [1.29, 1.82) is 0 Å². The molecular weight excluding hydrogens is 646 g/mol. The Morgan fingerprint density at radius 2 is 1.76 bits per heavy atom. The van der Waals surface area contributed by atoms with Gasteiger partial charge in [0.25, 0.3) is 0 Å². The van der Waals surface area contributed by atoms with Crippen molar-refractivity contribution >= 4 is 17.8 Å². The number of hydrogen-bond donors (Lipinski definition) is 4. The van der Waals surface area contributed by atoms with Crippen LogP contribution in [0.15, 0.2) is 0 Å². The van der Waals surface area contributed by atoms with Crippen LogP contribution in [0, 0.1) is 17.8 Å². The lowest BCUT2D eigenvalue weighted by atomic mass is 9.78. The molecule has 3 heterocycles. The van der Waals surface area contributed by atoms with Gasteiger partial charge in [0.1, 0.15) is 18.1 Å². The van der Waals surface area contributed by atoms with E-state index in [-0.39, 0.29) is 29.9 Å². The minimum atomic E-state index is -1.15. The van der Waals surface area contributed by atoms with E-state index in [4.69, 9.17) is 23.7 Å². The van der Waals surface area contributed by atoms with Crippen LogP contribution in [0.4, 0.5) is 4.79 Å². The second kappa shape index (κ2) is 18.2. The molecule has 3 aliphatic heterocycles. The number of cyclic esters (lactones) is 1. The zero-order valence-corrected chi connectivity index (χ0v) is 32.6. The molecule has 0 aromatic carbocycles. The molecule has 5 unspecified atom stereocenters. The van der Waals surface area contributed by atoms with Gasteiger partial charge in [0.15, 0.2) is 17.7 Å². The topological polar surface area (TPSA) is 160 Å². The van der Waals surface area contributed by atoms with Crippen molar-refractivity contribution in [3.8, 4) is 0 Å². The number of likely N-dealkylation sites (N-methyl/N-ethyl adjacent to an activating group) is 2. The molecule has 14 heteroatoms. The first kappa shape index (κ1) is 42.5. The molecule has 14 nitrogen and oxygen atoms in total. The molecule has 3 saturated heterocycles. The van der Waals surface area contributed by atoms with E-state index in [1.54, 1.807) is 21.0 Å². The summed E-state index contributed by atoms with van der Waals surface area (Å²) in [7, 11) is 9.47. The summed E-state index contributed by atoms with van der Waals surface area (Å²) >= 11 is 0. The van der Waals surface area contributed by atoms with E-state index in [0.717, 1.165) is 13.1 Å². The molecule has 0 saturated carbocycles. The predicted octanol–water partition coefficient (Wildman–Crippen LogP) is 1.77.